The molecule has 3 heterocycles. The first kappa shape index (κ1) is 22.1. The van der Waals surface area contributed by atoms with Crippen LogP contribution in [0.25, 0.3) is 0 Å². The summed E-state index contributed by atoms with van der Waals surface area (Å²) in [6, 6.07) is 2.10. The zero-order valence-electron chi connectivity index (χ0n) is 16.2. The number of anilines is 2. The van der Waals surface area contributed by atoms with Gasteiger partial charge in [-0.2, -0.15) is 18.4 Å². The number of hydrogen-bond donors (Lipinski definition) is 1. The first-order chi connectivity index (χ1) is 13.9. The summed E-state index contributed by atoms with van der Waals surface area (Å²) in [6.07, 6.45) is -4.08. The molecule has 3 rings (SSSR count). The Morgan fingerprint density at radius 1 is 1.40 bits per heavy atom. The Hall–Kier alpha value is -2.58. The molecule has 0 saturated carbocycles. The molecule has 0 aromatic carbocycles. The van der Waals surface area contributed by atoms with E-state index in [0.717, 1.165) is 10.4 Å². The maximum absolute atomic E-state index is 12.8. The second-order valence-electron chi connectivity index (χ2n) is 7.49. The summed E-state index contributed by atoms with van der Waals surface area (Å²) in [5.41, 5.74) is -0.647. The molecule has 2 aromatic heterocycles. The molecule has 0 unspecified atom stereocenters. The van der Waals surface area contributed by atoms with Crippen LogP contribution < -0.4 is 5.32 Å². The minimum absolute atomic E-state index is 0.160. The minimum Gasteiger partial charge on any atom is -0.444 e. The summed E-state index contributed by atoms with van der Waals surface area (Å²) < 4.78 is 43.8. The van der Waals surface area contributed by atoms with Gasteiger partial charge in [-0.25, -0.2) is 14.8 Å². The lowest BCUT2D eigenvalue weighted by molar-refractivity contribution is -0.137. The van der Waals surface area contributed by atoms with Gasteiger partial charge in [0.2, 0.25) is 5.95 Å². The van der Waals surface area contributed by atoms with Crippen molar-refractivity contribution in [2.24, 2.45) is 0 Å². The normalized spacial score (nSPS) is 14.1. The molecule has 0 fully saturated rings. The third kappa shape index (κ3) is 4.76. The van der Waals surface area contributed by atoms with Gasteiger partial charge in [0.1, 0.15) is 27.4 Å². The van der Waals surface area contributed by atoms with Gasteiger partial charge in [0, 0.05) is 17.6 Å². The van der Waals surface area contributed by atoms with Crippen molar-refractivity contribution in [1.82, 2.24) is 14.9 Å². The summed E-state index contributed by atoms with van der Waals surface area (Å²) in [4.78, 5) is 21.9. The van der Waals surface area contributed by atoms with E-state index in [9.17, 15) is 23.2 Å². The fraction of sp³-hybridized carbons (Fsp3) is 0.444. The number of hydrogen-bond acceptors (Lipinski definition) is 7. The van der Waals surface area contributed by atoms with Gasteiger partial charge in [-0.3, -0.25) is 0 Å². The van der Waals surface area contributed by atoms with E-state index in [4.69, 9.17) is 16.3 Å². The van der Waals surface area contributed by atoms with Crippen LogP contribution in [0.15, 0.2) is 6.20 Å². The molecule has 30 heavy (non-hydrogen) atoms. The Morgan fingerprint density at radius 2 is 2.10 bits per heavy atom. The number of thiophene rings is 1. The smallest absolute Gasteiger partial charge is 0.420 e. The Kier molecular flexibility index (Phi) is 5.84. The molecule has 7 nitrogen and oxygen atoms in total. The van der Waals surface area contributed by atoms with Gasteiger partial charge in [0.05, 0.1) is 12.1 Å². The Morgan fingerprint density at radius 3 is 2.67 bits per heavy atom. The number of carbonyl (C=O) groups is 1. The highest BCUT2D eigenvalue weighted by molar-refractivity contribution is 7.16. The number of amides is 1. The predicted molar refractivity (Wildman–Crippen MR) is 105 cm³/mol. The fourth-order valence-corrected chi connectivity index (χ4v) is 4.25. The number of aromatic nitrogens is 2. The molecule has 0 aliphatic carbocycles. The highest BCUT2D eigenvalue weighted by Crippen LogP contribution is 2.39. The second kappa shape index (κ2) is 7.92. The number of ether oxygens (including phenoxy) is 1. The number of nitrogens with zero attached hydrogens (tertiary/aromatic N) is 4. The van der Waals surface area contributed by atoms with Crippen LogP contribution in [0, 0.1) is 11.3 Å². The molecule has 0 spiro atoms. The van der Waals surface area contributed by atoms with Crippen molar-refractivity contribution in [2.75, 3.05) is 11.9 Å². The fourth-order valence-electron chi connectivity index (χ4n) is 2.81. The van der Waals surface area contributed by atoms with Gasteiger partial charge >= 0.3 is 12.3 Å². The molecule has 1 aliphatic rings. The van der Waals surface area contributed by atoms with E-state index in [2.05, 4.69) is 21.4 Å². The second-order valence-corrected chi connectivity index (χ2v) is 8.96. The van der Waals surface area contributed by atoms with Crippen molar-refractivity contribution in [3.63, 3.8) is 0 Å². The molecular formula is C18H17ClF3N5O2S. The van der Waals surface area contributed by atoms with E-state index < -0.39 is 28.6 Å². The molecule has 0 saturated heterocycles. The van der Waals surface area contributed by atoms with Crippen LogP contribution in [0.3, 0.4) is 0 Å². The maximum Gasteiger partial charge on any atom is 0.420 e. The van der Waals surface area contributed by atoms with E-state index in [-0.39, 0.29) is 12.5 Å². The standard InChI is InChI=1S/C18H17ClF3N5O2S/c1-17(2,3)29-16(28)27-5-4-9-10(6-23)14(30-12(9)8-27)26-15-24-7-11(13(19)25-15)18(20,21)22/h7H,4-5,8H2,1-3H3,(H,24,25,26). The molecular weight excluding hydrogens is 443 g/mol. The molecule has 0 bridgehead atoms. The number of fused-ring (bicyclic) bond motifs is 1. The summed E-state index contributed by atoms with van der Waals surface area (Å²) in [7, 11) is 0. The number of alkyl halides is 3. The van der Waals surface area contributed by atoms with Crippen LogP contribution in [-0.4, -0.2) is 33.1 Å². The maximum atomic E-state index is 12.8. The average Bonchev–Trinajstić information content (AvgIpc) is 2.95. The van der Waals surface area contributed by atoms with E-state index in [1.807, 2.05) is 0 Å². The molecule has 0 radical (unpaired) electrons. The van der Waals surface area contributed by atoms with Gasteiger partial charge < -0.3 is 15.0 Å². The zero-order valence-corrected chi connectivity index (χ0v) is 17.8. The van der Waals surface area contributed by atoms with Crippen LogP contribution in [-0.2, 0) is 23.9 Å². The van der Waals surface area contributed by atoms with Gasteiger partial charge in [-0.15, -0.1) is 11.3 Å². The van der Waals surface area contributed by atoms with Gasteiger partial charge in [0.25, 0.3) is 0 Å². The molecule has 2 aromatic rings. The van der Waals surface area contributed by atoms with Crippen LogP contribution in [0.1, 0.15) is 42.3 Å². The molecule has 1 aliphatic heterocycles. The Bertz CT molecular complexity index is 1030. The largest absolute Gasteiger partial charge is 0.444 e. The predicted octanol–water partition coefficient (Wildman–Crippen LogP) is 5.12. The summed E-state index contributed by atoms with van der Waals surface area (Å²) >= 11 is 6.84. The lowest BCUT2D eigenvalue weighted by atomic mass is 10.0. The highest BCUT2D eigenvalue weighted by atomic mass is 35.5. The third-order valence-electron chi connectivity index (χ3n) is 4.09. The highest BCUT2D eigenvalue weighted by Gasteiger charge is 2.35. The number of nitrogens with one attached hydrogen (secondary N) is 1. The van der Waals surface area contributed by atoms with Crippen molar-refractivity contribution in [1.29, 1.82) is 5.26 Å². The van der Waals surface area contributed by atoms with Crippen LogP contribution >= 0.6 is 22.9 Å². The Labute approximate surface area is 179 Å². The van der Waals surface area contributed by atoms with E-state index in [1.54, 1.807) is 25.7 Å². The number of rotatable bonds is 2. The van der Waals surface area contributed by atoms with Gasteiger partial charge in [-0.1, -0.05) is 11.6 Å². The molecule has 1 N–H and O–H groups in total. The van der Waals surface area contributed by atoms with Crippen LogP contribution in [0.5, 0.6) is 0 Å². The SMILES string of the molecule is CC(C)(C)OC(=O)N1CCc2c(sc(Nc3ncc(C(F)(F)F)c(Cl)n3)c2C#N)C1. The topological polar surface area (TPSA) is 91.1 Å². The first-order valence-corrected chi connectivity index (χ1v) is 9.98. The Balaban J connectivity index is 1.83. The third-order valence-corrected chi connectivity index (χ3v) is 5.51. The van der Waals surface area contributed by atoms with E-state index in [1.165, 1.54) is 11.3 Å². The van der Waals surface area contributed by atoms with Crippen molar-refractivity contribution in [3.8, 4) is 6.07 Å². The summed E-state index contributed by atoms with van der Waals surface area (Å²) in [5.74, 6) is -0.160. The lowest BCUT2D eigenvalue weighted by Crippen LogP contribution is -2.39. The first-order valence-electron chi connectivity index (χ1n) is 8.78. The molecule has 1 amide bonds. The summed E-state index contributed by atoms with van der Waals surface area (Å²) in [6.45, 7) is 5.97. The number of nitriles is 1. The van der Waals surface area contributed by atoms with Crippen molar-refractivity contribution in [3.05, 3.63) is 32.9 Å². The number of halogens is 4. The van der Waals surface area contributed by atoms with Crippen molar-refractivity contribution in [2.45, 2.75) is 45.5 Å². The number of carbonyl (C=O) groups excluding carboxylic acids is 1. The average molecular weight is 460 g/mol. The zero-order chi connectivity index (χ0) is 22.3. The molecule has 0 atom stereocenters. The van der Waals surface area contributed by atoms with Crippen LogP contribution in [0.2, 0.25) is 5.15 Å². The lowest BCUT2D eigenvalue weighted by Gasteiger charge is -2.29. The molecule has 160 valence electrons. The molecule has 12 heteroatoms. The van der Waals surface area contributed by atoms with E-state index >= 15 is 0 Å². The monoisotopic (exact) mass is 459 g/mol. The van der Waals surface area contributed by atoms with Gasteiger partial charge in [0.15, 0.2) is 0 Å². The quantitative estimate of drug-likeness (QED) is 0.627. The van der Waals surface area contributed by atoms with E-state index in [0.29, 0.717) is 29.7 Å². The minimum atomic E-state index is -4.67. The van der Waals surface area contributed by atoms with Gasteiger partial charge in [-0.05, 0) is 32.8 Å². The van der Waals surface area contributed by atoms with Crippen LogP contribution in [0.4, 0.5) is 28.9 Å². The summed E-state index contributed by atoms with van der Waals surface area (Å²) in [5, 5.41) is 12.0. The van der Waals surface area contributed by atoms with Crippen molar-refractivity contribution < 1.29 is 22.7 Å². The van der Waals surface area contributed by atoms with Crippen molar-refractivity contribution >= 4 is 40.0 Å².